The molecule has 18 heavy (non-hydrogen) atoms. The molecule has 0 aliphatic carbocycles. The van der Waals surface area contributed by atoms with Crippen molar-refractivity contribution in [2.24, 2.45) is 0 Å². The molecule has 1 aromatic carbocycles. The van der Waals surface area contributed by atoms with E-state index in [9.17, 15) is 4.79 Å². The zero-order chi connectivity index (χ0) is 13.1. The maximum Gasteiger partial charge on any atom is 0.228 e. The Morgan fingerprint density at radius 2 is 1.89 bits per heavy atom. The quantitative estimate of drug-likeness (QED) is 0.903. The van der Waals surface area contributed by atoms with Crippen molar-refractivity contribution in [3.05, 3.63) is 46.8 Å². The Kier molecular flexibility index (Phi) is 3.46. The Bertz CT molecular complexity index is 536. The van der Waals surface area contributed by atoms with Crippen LogP contribution in [0.5, 0.6) is 0 Å². The smallest absolute Gasteiger partial charge is 0.228 e. The molecule has 94 valence electrons. The molecule has 4 nitrogen and oxygen atoms in total. The normalized spacial score (nSPS) is 10.4. The molecule has 0 bridgehead atoms. The highest BCUT2D eigenvalue weighted by atomic mass is 16.5. The lowest BCUT2D eigenvalue weighted by Gasteiger charge is -2.05. The van der Waals surface area contributed by atoms with Crippen molar-refractivity contribution >= 4 is 11.6 Å². The first-order chi connectivity index (χ1) is 8.56. The molecular weight excluding hydrogens is 228 g/mol. The van der Waals surface area contributed by atoms with E-state index in [1.807, 2.05) is 45.0 Å². The van der Waals surface area contributed by atoms with Crippen molar-refractivity contribution in [2.45, 2.75) is 27.2 Å². The first-order valence-electron chi connectivity index (χ1n) is 5.84. The van der Waals surface area contributed by atoms with Gasteiger partial charge in [0.25, 0.3) is 0 Å². The van der Waals surface area contributed by atoms with Gasteiger partial charge in [0.05, 0.1) is 12.1 Å². The van der Waals surface area contributed by atoms with Crippen LogP contribution < -0.4 is 5.32 Å². The standard InChI is InChI=1S/C14H16N2O2/c1-9-4-6-12(7-5-9)15-14(17)8-13-10(2)16-18-11(13)3/h4-7H,8H2,1-3H3,(H,15,17). The molecule has 0 aliphatic rings. The van der Waals surface area contributed by atoms with Gasteiger partial charge in [-0.05, 0) is 32.9 Å². The summed E-state index contributed by atoms with van der Waals surface area (Å²) in [7, 11) is 0. The number of carbonyl (C=O) groups excluding carboxylic acids is 1. The summed E-state index contributed by atoms with van der Waals surface area (Å²) >= 11 is 0. The molecule has 2 aromatic rings. The Hall–Kier alpha value is -2.10. The number of hydrogen-bond donors (Lipinski definition) is 1. The van der Waals surface area contributed by atoms with Crippen LogP contribution in [-0.2, 0) is 11.2 Å². The van der Waals surface area contributed by atoms with Crippen LogP contribution in [-0.4, -0.2) is 11.1 Å². The third-order valence-corrected chi connectivity index (χ3v) is 2.85. The molecule has 2 rings (SSSR count). The van der Waals surface area contributed by atoms with Crippen molar-refractivity contribution in [2.75, 3.05) is 5.32 Å². The van der Waals surface area contributed by atoms with Crippen LogP contribution in [0.4, 0.5) is 5.69 Å². The molecule has 1 heterocycles. The van der Waals surface area contributed by atoms with Crippen molar-refractivity contribution < 1.29 is 9.32 Å². The molecule has 1 aromatic heterocycles. The Morgan fingerprint density at radius 3 is 2.44 bits per heavy atom. The molecule has 0 aliphatic heterocycles. The van der Waals surface area contributed by atoms with Gasteiger partial charge in [-0.15, -0.1) is 0 Å². The second kappa shape index (κ2) is 5.04. The zero-order valence-corrected chi connectivity index (χ0v) is 10.8. The van der Waals surface area contributed by atoms with E-state index in [1.54, 1.807) is 0 Å². The molecule has 1 amide bonds. The molecule has 0 radical (unpaired) electrons. The average Bonchev–Trinajstić information content (AvgIpc) is 2.64. The highest BCUT2D eigenvalue weighted by molar-refractivity contribution is 5.92. The van der Waals surface area contributed by atoms with Gasteiger partial charge >= 0.3 is 0 Å². The maximum absolute atomic E-state index is 11.9. The first kappa shape index (κ1) is 12.4. The predicted molar refractivity (Wildman–Crippen MR) is 69.5 cm³/mol. The van der Waals surface area contributed by atoms with Crippen molar-refractivity contribution in [1.82, 2.24) is 5.16 Å². The molecule has 0 saturated carbocycles. The third kappa shape index (κ3) is 2.77. The molecule has 1 N–H and O–H groups in total. The van der Waals surface area contributed by atoms with E-state index >= 15 is 0 Å². The van der Waals surface area contributed by atoms with Gasteiger partial charge in [0.1, 0.15) is 5.76 Å². The maximum atomic E-state index is 11.9. The largest absolute Gasteiger partial charge is 0.361 e. The SMILES string of the molecule is Cc1ccc(NC(=O)Cc2c(C)noc2C)cc1. The van der Waals surface area contributed by atoms with E-state index < -0.39 is 0 Å². The molecule has 0 unspecified atom stereocenters. The summed E-state index contributed by atoms with van der Waals surface area (Å²) in [4.78, 5) is 11.9. The highest BCUT2D eigenvalue weighted by Gasteiger charge is 2.13. The number of anilines is 1. The summed E-state index contributed by atoms with van der Waals surface area (Å²) in [5.41, 5.74) is 3.60. The van der Waals surface area contributed by atoms with Crippen LogP contribution in [0.1, 0.15) is 22.6 Å². The Balaban J connectivity index is 2.03. The summed E-state index contributed by atoms with van der Waals surface area (Å²) in [5.74, 6) is 0.639. The second-order valence-electron chi connectivity index (χ2n) is 4.39. The molecule has 4 heteroatoms. The van der Waals surface area contributed by atoms with Crippen LogP contribution in [0.2, 0.25) is 0 Å². The number of carbonyl (C=O) groups is 1. The molecule has 0 atom stereocenters. The lowest BCUT2D eigenvalue weighted by atomic mass is 10.1. The summed E-state index contributed by atoms with van der Waals surface area (Å²) in [6, 6.07) is 7.71. The minimum absolute atomic E-state index is 0.0618. The fourth-order valence-corrected chi connectivity index (χ4v) is 1.76. The lowest BCUT2D eigenvalue weighted by molar-refractivity contribution is -0.115. The van der Waals surface area contributed by atoms with Gasteiger partial charge in [0.2, 0.25) is 5.91 Å². The van der Waals surface area contributed by atoms with Crippen molar-refractivity contribution in [3.63, 3.8) is 0 Å². The van der Waals surface area contributed by atoms with E-state index in [1.165, 1.54) is 5.56 Å². The predicted octanol–water partition coefficient (Wildman–Crippen LogP) is 2.78. The number of aryl methyl sites for hydroxylation is 3. The van der Waals surface area contributed by atoms with Crippen LogP contribution in [0.25, 0.3) is 0 Å². The van der Waals surface area contributed by atoms with E-state index in [0.717, 1.165) is 16.9 Å². The average molecular weight is 244 g/mol. The number of nitrogens with one attached hydrogen (secondary N) is 1. The molecule has 0 fully saturated rings. The van der Waals surface area contributed by atoms with Crippen LogP contribution in [0, 0.1) is 20.8 Å². The Labute approximate surface area is 106 Å². The number of amides is 1. The summed E-state index contributed by atoms with van der Waals surface area (Å²) < 4.78 is 5.03. The van der Waals surface area contributed by atoms with Gasteiger partial charge in [0.15, 0.2) is 0 Å². The van der Waals surface area contributed by atoms with Gasteiger partial charge in [-0.25, -0.2) is 0 Å². The van der Waals surface area contributed by atoms with Crippen LogP contribution >= 0.6 is 0 Å². The van der Waals surface area contributed by atoms with Gasteiger partial charge in [0, 0.05) is 11.3 Å². The number of rotatable bonds is 3. The van der Waals surface area contributed by atoms with E-state index in [-0.39, 0.29) is 12.3 Å². The lowest BCUT2D eigenvalue weighted by Crippen LogP contribution is -2.15. The van der Waals surface area contributed by atoms with Gasteiger partial charge < -0.3 is 9.84 Å². The highest BCUT2D eigenvalue weighted by Crippen LogP contribution is 2.14. The molecule has 0 spiro atoms. The fourth-order valence-electron chi connectivity index (χ4n) is 1.76. The number of benzene rings is 1. The Morgan fingerprint density at radius 1 is 1.22 bits per heavy atom. The van der Waals surface area contributed by atoms with Crippen LogP contribution in [0.3, 0.4) is 0 Å². The summed E-state index contributed by atoms with van der Waals surface area (Å²) in [6.07, 6.45) is 0.287. The molecule has 0 saturated heterocycles. The van der Waals surface area contributed by atoms with Gasteiger partial charge in [-0.2, -0.15) is 0 Å². The number of nitrogens with zero attached hydrogens (tertiary/aromatic N) is 1. The van der Waals surface area contributed by atoms with Crippen molar-refractivity contribution in [3.8, 4) is 0 Å². The summed E-state index contributed by atoms with van der Waals surface area (Å²) in [5, 5.41) is 6.69. The van der Waals surface area contributed by atoms with Crippen molar-refractivity contribution in [1.29, 1.82) is 0 Å². The van der Waals surface area contributed by atoms with Gasteiger partial charge in [-0.3, -0.25) is 4.79 Å². The van der Waals surface area contributed by atoms with E-state index in [4.69, 9.17) is 4.52 Å². The zero-order valence-electron chi connectivity index (χ0n) is 10.8. The first-order valence-corrected chi connectivity index (χ1v) is 5.84. The fraction of sp³-hybridized carbons (Fsp3) is 0.286. The van der Waals surface area contributed by atoms with Crippen LogP contribution in [0.15, 0.2) is 28.8 Å². The van der Waals surface area contributed by atoms with E-state index in [0.29, 0.717) is 5.76 Å². The van der Waals surface area contributed by atoms with Gasteiger partial charge in [-0.1, -0.05) is 22.9 Å². The third-order valence-electron chi connectivity index (χ3n) is 2.85. The number of hydrogen-bond acceptors (Lipinski definition) is 3. The summed E-state index contributed by atoms with van der Waals surface area (Å²) in [6.45, 7) is 5.66. The number of aromatic nitrogens is 1. The molecular formula is C14H16N2O2. The topological polar surface area (TPSA) is 55.1 Å². The van der Waals surface area contributed by atoms with E-state index in [2.05, 4.69) is 10.5 Å². The monoisotopic (exact) mass is 244 g/mol. The minimum atomic E-state index is -0.0618. The minimum Gasteiger partial charge on any atom is -0.361 e. The second-order valence-corrected chi connectivity index (χ2v) is 4.39.